The second-order valence-corrected chi connectivity index (χ2v) is 10.1. The fourth-order valence-electron chi connectivity index (χ4n) is 6.25. The summed E-state index contributed by atoms with van der Waals surface area (Å²) in [7, 11) is 0. The van der Waals surface area contributed by atoms with Crippen LogP contribution in [0.4, 0.5) is 0 Å². The van der Waals surface area contributed by atoms with Crippen molar-refractivity contribution in [3.05, 3.63) is 34.9 Å². The van der Waals surface area contributed by atoms with Crippen molar-refractivity contribution < 1.29 is 0 Å². The molecule has 3 rings (SSSR count). The van der Waals surface area contributed by atoms with Crippen molar-refractivity contribution >= 4 is 11.6 Å². The van der Waals surface area contributed by atoms with E-state index in [9.17, 15) is 0 Å². The second-order valence-electron chi connectivity index (χ2n) is 9.70. The fourth-order valence-corrected chi connectivity index (χ4v) is 6.37. The maximum atomic E-state index is 6.25. The average Bonchev–Trinajstić information content (AvgIpc) is 2.74. The molecule has 0 N–H and O–H groups in total. The molecule has 3 heteroatoms. The maximum Gasteiger partial charge on any atom is 0.0464 e. The Balaban J connectivity index is 1.82. The van der Waals surface area contributed by atoms with Crippen molar-refractivity contribution in [3.8, 4) is 0 Å². The Morgan fingerprint density at radius 3 is 2.14 bits per heavy atom. The number of halogens is 1. The summed E-state index contributed by atoms with van der Waals surface area (Å²) in [6.45, 7) is 14.5. The highest BCUT2D eigenvalue weighted by Gasteiger charge is 2.45. The zero-order chi connectivity index (χ0) is 20.9. The molecule has 164 valence electrons. The maximum absolute atomic E-state index is 6.25. The number of likely N-dealkylation sites (tertiary alicyclic amines) is 1. The summed E-state index contributed by atoms with van der Waals surface area (Å²) < 4.78 is 0. The number of nitrogens with zero attached hydrogens (tertiary/aromatic N) is 2. The van der Waals surface area contributed by atoms with E-state index in [4.69, 9.17) is 11.6 Å². The van der Waals surface area contributed by atoms with Crippen LogP contribution in [0.1, 0.15) is 84.6 Å². The van der Waals surface area contributed by atoms with E-state index in [-0.39, 0.29) is 5.54 Å². The lowest BCUT2D eigenvalue weighted by Gasteiger charge is -2.53. The van der Waals surface area contributed by atoms with E-state index < -0.39 is 0 Å². The van der Waals surface area contributed by atoms with Crippen LogP contribution in [0.5, 0.6) is 0 Å². The molecular weight excluding hydrogens is 376 g/mol. The van der Waals surface area contributed by atoms with Crippen molar-refractivity contribution in [3.63, 3.8) is 0 Å². The molecule has 2 nitrogen and oxygen atoms in total. The van der Waals surface area contributed by atoms with Crippen LogP contribution in [0.25, 0.3) is 0 Å². The Kier molecular flexibility index (Phi) is 8.48. The lowest BCUT2D eigenvalue weighted by atomic mass is 9.68. The smallest absolute Gasteiger partial charge is 0.0464 e. The first-order chi connectivity index (χ1) is 14.0. The van der Waals surface area contributed by atoms with Crippen LogP contribution in [-0.4, -0.2) is 42.0 Å². The quantitative estimate of drug-likeness (QED) is 0.449. The molecule has 2 aliphatic rings. The van der Waals surface area contributed by atoms with E-state index >= 15 is 0 Å². The minimum Gasteiger partial charge on any atom is -0.300 e. The normalized spacial score (nSPS) is 29.4. The van der Waals surface area contributed by atoms with Gasteiger partial charge in [0.25, 0.3) is 0 Å². The minimum atomic E-state index is 0.175. The summed E-state index contributed by atoms with van der Waals surface area (Å²) in [5.74, 6) is 1.69. The third-order valence-corrected chi connectivity index (χ3v) is 8.09. The third kappa shape index (κ3) is 5.20. The number of piperidine rings is 1. The van der Waals surface area contributed by atoms with E-state index in [2.05, 4.69) is 61.8 Å². The molecule has 1 heterocycles. The van der Waals surface area contributed by atoms with Gasteiger partial charge in [-0.25, -0.2) is 0 Å². The topological polar surface area (TPSA) is 6.48 Å². The molecule has 3 unspecified atom stereocenters. The molecule has 0 bridgehead atoms. The number of benzene rings is 1. The van der Waals surface area contributed by atoms with Crippen molar-refractivity contribution in [2.75, 3.05) is 26.2 Å². The molecule has 0 amide bonds. The summed E-state index contributed by atoms with van der Waals surface area (Å²) in [5, 5.41) is 0.849. The summed E-state index contributed by atoms with van der Waals surface area (Å²) in [6.07, 6.45) is 10.5. The van der Waals surface area contributed by atoms with Crippen LogP contribution in [0.2, 0.25) is 5.02 Å². The van der Waals surface area contributed by atoms with Crippen molar-refractivity contribution in [1.29, 1.82) is 0 Å². The van der Waals surface area contributed by atoms with Gasteiger partial charge in [-0.2, -0.15) is 0 Å². The molecule has 1 saturated carbocycles. The van der Waals surface area contributed by atoms with Gasteiger partial charge in [-0.15, -0.1) is 0 Å². The summed E-state index contributed by atoms with van der Waals surface area (Å²) in [5.41, 5.74) is 1.66. The van der Waals surface area contributed by atoms with E-state index in [1.54, 1.807) is 0 Å². The lowest BCUT2D eigenvalue weighted by Crippen LogP contribution is -2.55. The predicted octanol–water partition coefficient (Wildman–Crippen LogP) is 6.97. The van der Waals surface area contributed by atoms with Crippen molar-refractivity contribution in [1.82, 2.24) is 9.80 Å². The van der Waals surface area contributed by atoms with Gasteiger partial charge in [-0.1, -0.05) is 57.8 Å². The van der Waals surface area contributed by atoms with Crippen LogP contribution >= 0.6 is 11.6 Å². The van der Waals surface area contributed by atoms with Crippen molar-refractivity contribution in [2.24, 2.45) is 11.8 Å². The standard InChI is InChI=1S/C26H43ClN2/c1-5-16-29(17-6-2)26(23-8-10-24(27)11-9-23)15-12-25(21(4)20-26)28-18-13-22(7-3)14-19-28/h8-11,21-22,25H,5-7,12-20H2,1-4H3. The summed E-state index contributed by atoms with van der Waals surface area (Å²) >= 11 is 6.25. The van der Waals surface area contributed by atoms with Gasteiger partial charge in [0.15, 0.2) is 0 Å². The van der Waals surface area contributed by atoms with Crippen LogP contribution in [0.3, 0.4) is 0 Å². The first-order valence-electron chi connectivity index (χ1n) is 12.3. The molecular formula is C26H43ClN2. The molecule has 0 aromatic heterocycles. The predicted molar refractivity (Wildman–Crippen MR) is 127 cm³/mol. The largest absolute Gasteiger partial charge is 0.300 e. The lowest BCUT2D eigenvalue weighted by molar-refractivity contribution is -0.0198. The highest BCUT2D eigenvalue weighted by atomic mass is 35.5. The fraction of sp³-hybridized carbons (Fsp3) is 0.769. The first-order valence-corrected chi connectivity index (χ1v) is 12.7. The van der Waals surface area contributed by atoms with Crippen molar-refractivity contribution in [2.45, 2.75) is 90.6 Å². The number of hydrogen-bond acceptors (Lipinski definition) is 2. The van der Waals surface area contributed by atoms with Crippen LogP contribution in [-0.2, 0) is 5.54 Å². The van der Waals surface area contributed by atoms with Gasteiger partial charge in [0.2, 0.25) is 0 Å². The Morgan fingerprint density at radius 1 is 1.00 bits per heavy atom. The highest BCUT2D eigenvalue weighted by molar-refractivity contribution is 6.30. The van der Waals surface area contributed by atoms with E-state index in [0.29, 0.717) is 0 Å². The molecule has 0 radical (unpaired) electrons. The molecule has 3 atom stereocenters. The monoisotopic (exact) mass is 418 g/mol. The Labute approximate surface area is 185 Å². The zero-order valence-corrected chi connectivity index (χ0v) is 20.1. The summed E-state index contributed by atoms with van der Waals surface area (Å²) in [6, 6.07) is 9.57. The van der Waals surface area contributed by atoms with Gasteiger partial charge in [0, 0.05) is 16.6 Å². The van der Waals surface area contributed by atoms with Crippen LogP contribution in [0, 0.1) is 11.8 Å². The molecule has 29 heavy (non-hydrogen) atoms. The van der Waals surface area contributed by atoms with Gasteiger partial charge in [0.05, 0.1) is 0 Å². The van der Waals surface area contributed by atoms with E-state index in [1.165, 1.54) is 83.1 Å². The Hall–Kier alpha value is -0.570. The molecule has 0 spiro atoms. The van der Waals surface area contributed by atoms with E-state index in [1.807, 2.05) is 0 Å². The molecule has 1 saturated heterocycles. The number of rotatable bonds is 8. The van der Waals surface area contributed by atoms with Crippen LogP contribution in [0.15, 0.2) is 24.3 Å². The minimum absolute atomic E-state index is 0.175. The summed E-state index contributed by atoms with van der Waals surface area (Å²) in [4.78, 5) is 5.65. The van der Waals surface area contributed by atoms with Gasteiger partial charge in [0.1, 0.15) is 0 Å². The van der Waals surface area contributed by atoms with E-state index in [0.717, 1.165) is 22.9 Å². The van der Waals surface area contributed by atoms with Gasteiger partial charge in [-0.3, -0.25) is 4.90 Å². The molecule has 1 aliphatic carbocycles. The highest BCUT2D eigenvalue weighted by Crippen LogP contribution is 2.46. The number of hydrogen-bond donors (Lipinski definition) is 0. The third-order valence-electron chi connectivity index (χ3n) is 7.84. The van der Waals surface area contributed by atoms with Gasteiger partial charge >= 0.3 is 0 Å². The Morgan fingerprint density at radius 2 is 1.62 bits per heavy atom. The van der Waals surface area contributed by atoms with Gasteiger partial charge < -0.3 is 4.90 Å². The first kappa shape index (κ1) is 23.1. The van der Waals surface area contributed by atoms with Crippen LogP contribution < -0.4 is 0 Å². The molecule has 1 aromatic rings. The zero-order valence-electron chi connectivity index (χ0n) is 19.3. The molecule has 2 fully saturated rings. The molecule has 1 aliphatic heterocycles. The van der Waals surface area contributed by atoms with Gasteiger partial charge in [-0.05, 0) is 101 Å². The average molecular weight is 419 g/mol. The Bertz CT molecular complexity index is 602. The second kappa shape index (κ2) is 10.6. The molecule has 1 aromatic carbocycles. The SMILES string of the molecule is CCCN(CCC)C1(c2ccc(Cl)cc2)CCC(N2CCC(CC)CC2)C(C)C1.